The average molecular weight is 372 g/mol. The van der Waals surface area contributed by atoms with Gasteiger partial charge in [0.25, 0.3) is 0 Å². The summed E-state index contributed by atoms with van der Waals surface area (Å²) >= 11 is 0. The molecular weight excluding hydrogens is 352 g/mol. The molecule has 0 spiro atoms. The monoisotopic (exact) mass is 372 g/mol. The van der Waals surface area contributed by atoms with Crippen molar-refractivity contribution in [3.05, 3.63) is 40.8 Å². The molecule has 0 N–H and O–H groups in total. The van der Waals surface area contributed by atoms with Gasteiger partial charge in [0.1, 0.15) is 17.2 Å². The highest BCUT2D eigenvalue weighted by atomic mass is 16.5. The maximum Gasteiger partial charge on any atom is 0.204 e. The average Bonchev–Trinajstić information content (AvgIpc) is 2.71. The van der Waals surface area contributed by atoms with Crippen LogP contribution in [0.2, 0.25) is 0 Å². The van der Waals surface area contributed by atoms with Gasteiger partial charge in [-0.15, -0.1) is 0 Å². The van der Waals surface area contributed by atoms with Crippen LogP contribution in [-0.4, -0.2) is 35.5 Å². The summed E-state index contributed by atoms with van der Waals surface area (Å²) in [6, 6.07) is 6.86. The topological polar surface area (TPSA) is 76.4 Å². The van der Waals surface area contributed by atoms with Crippen molar-refractivity contribution in [2.45, 2.75) is 0 Å². The lowest BCUT2D eigenvalue weighted by Crippen LogP contribution is -2.09. The molecule has 0 bridgehead atoms. The van der Waals surface area contributed by atoms with E-state index in [1.165, 1.54) is 41.8 Å². The SMILES string of the molecule is COc1cccc(-c2coc3cc(OC)c(OC)c(OC)c3c2=O)c1OC. The fourth-order valence-electron chi connectivity index (χ4n) is 3.04. The van der Waals surface area contributed by atoms with Crippen LogP contribution in [0.5, 0.6) is 28.7 Å². The van der Waals surface area contributed by atoms with Crippen LogP contribution in [-0.2, 0) is 0 Å². The van der Waals surface area contributed by atoms with Gasteiger partial charge in [-0.1, -0.05) is 12.1 Å². The minimum Gasteiger partial charge on any atom is -0.493 e. The molecule has 142 valence electrons. The van der Waals surface area contributed by atoms with Gasteiger partial charge in [-0.2, -0.15) is 0 Å². The minimum atomic E-state index is -0.291. The largest absolute Gasteiger partial charge is 0.493 e. The third kappa shape index (κ3) is 2.91. The summed E-state index contributed by atoms with van der Waals surface area (Å²) in [5.74, 6) is 1.90. The molecule has 0 radical (unpaired) electrons. The molecule has 1 aromatic heterocycles. The Morgan fingerprint density at radius 1 is 0.741 bits per heavy atom. The Hall–Kier alpha value is -3.35. The van der Waals surface area contributed by atoms with E-state index in [0.717, 1.165) is 0 Å². The molecule has 0 saturated carbocycles. The second-order valence-corrected chi connectivity index (χ2v) is 5.54. The van der Waals surface area contributed by atoms with Gasteiger partial charge in [-0.25, -0.2) is 0 Å². The molecule has 0 aliphatic rings. The zero-order valence-corrected chi connectivity index (χ0v) is 15.7. The summed E-state index contributed by atoms with van der Waals surface area (Å²) in [4.78, 5) is 13.3. The van der Waals surface area contributed by atoms with E-state index in [9.17, 15) is 4.79 Å². The fourth-order valence-corrected chi connectivity index (χ4v) is 3.04. The van der Waals surface area contributed by atoms with Crippen molar-refractivity contribution < 1.29 is 28.1 Å². The summed E-state index contributed by atoms with van der Waals surface area (Å²) in [5, 5.41) is 0.248. The van der Waals surface area contributed by atoms with Crippen LogP contribution in [0.25, 0.3) is 22.1 Å². The molecule has 0 amide bonds. The maximum absolute atomic E-state index is 13.3. The number of hydrogen-bond donors (Lipinski definition) is 0. The van der Waals surface area contributed by atoms with Crippen LogP contribution < -0.4 is 29.1 Å². The number of ether oxygens (including phenoxy) is 5. The first-order chi connectivity index (χ1) is 13.1. The summed E-state index contributed by atoms with van der Waals surface area (Å²) in [7, 11) is 7.47. The molecule has 0 atom stereocenters. The Morgan fingerprint density at radius 2 is 1.41 bits per heavy atom. The van der Waals surface area contributed by atoms with Crippen LogP contribution in [0.3, 0.4) is 0 Å². The molecule has 0 unspecified atom stereocenters. The number of benzene rings is 2. The van der Waals surface area contributed by atoms with E-state index >= 15 is 0 Å². The third-order valence-electron chi connectivity index (χ3n) is 4.26. The molecule has 0 saturated heterocycles. The van der Waals surface area contributed by atoms with Gasteiger partial charge in [0, 0.05) is 11.6 Å². The molecule has 0 aliphatic carbocycles. The minimum absolute atomic E-state index is 0.240. The number of methoxy groups -OCH3 is 5. The zero-order chi connectivity index (χ0) is 19.6. The lowest BCUT2D eigenvalue weighted by molar-refractivity contribution is 0.326. The molecule has 3 rings (SSSR count). The van der Waals surface area contributed by atoms with Crippen molar-refractivity contribution in [2.75, 3.05) is 35.5 Å². The molecular formula is C20H20O7. The van der Waals surface area contributed by atoms with E-state index in [4.69, 9.17) is 28.1 Å². The summed E-state index contributed by atoms with van der Waals surface area (Å²) < 4.78 is 32.6. The van der Waals surface area contributed by atoms with Crippen LogP contribution in [0.1, 0.15) is 0 Å². The smallest absolute Gasteiger partial charge is 0.204 e. The molecule has 0 aliphatic heterocycles. The predicted molar refractivity (Wildman–Crippen MR) is 101 cm³/mol. The van der Waals surface area contributed by atoms with Crippen LogP contribution in [0, 0.1) is 0 Å². The predicted octanol–water partition coefficient (Wildman–Crippen LogP) is 3.50. The second-order valence-electron chi connectivity index (χ2n) is 5.54. The first kappa shape index (κ1) is 18.4. The van der Waals surface area contributed by atoms with Crippen LogP contribution >= 0.6 is 0 Å². The second kappa shape index (κ2) is 7.49. The first-order valence-corrected chi connectivity index (χ1v) is 8.07. The lowest BCUT2D eigenvalue weighted by atomic mass is 10.0. The third-order valence-corrected chi connectivity index (χ3v) is 4.26. The van der Waals surface area contributed by atoms with Crippen molar-refractivity contribution in [2.24, 2.45) is 0 Å². The highest BCUT2D eigenvalue weighted by Gasteiger charge is 2.23. The standard InChI is InChI=1S/C20H20O7/c1-22-13-8-6-7-11(18(13)24-3)12-10-27-14-9-15(23-2)19(25-4)20(26-5)16(14)17(12)21/h6-10H,1-5H3. The van der Waals surface area contributed by atoms with Gasteiger partial charge >= 0.3 is 0 Å². The fraction of sp³-hybridized carbons (Fsp3) is 0.250. The normalized spacial score (nSPS) is 10.6. The van der Waals surface area contributed by atoms with Crippen molar-refractivity contribution in [1.29, 1.82) is 0 Å². The molecule has 7 heteroatoms. The van der Waals surface area contributed by atoms with E-state index in [1.807, 2.05) is 0 Å². The number of para-hydroxylation sites is 1. The van der Waals surface area contributed by atoms with Gasteiger partial charge in [0.15, 0.2) is 23.0 Å². The summed E-state index contributed by atoms with van der Waals surface area (Å²) in [5.41, 5.74) is 0.883. The first-order valence-electron chi connectivity index (χ1n) is 8.07. The molecule has 3 aromatic rings. The quantitative estimate of drug-likeness (QED) is 0.655. The van der Waals surface area contributed by atoms with Crippen molar-refractivity contribution in [3.8, 4) is 39.9 Å². The molecule has 7 nitrogen and oxygen atoms in total. The van der Waals surface area contributed by atoms with E-state index in [1.54, 1.807) is 24.3 Å². The molecule has 2 aromatic carbocycles. The van der Waals surface area contributed by atoms with Gasteiger partial charge < -0.3 is 28.1 Å². The Balaban J connectivity index is 2.39. The van der Waals surface area contributed by atoms with Crippen LogP contribution in [0.4, 0.5) is 0 Å². The summed E-state index contributed by atoms with van der Waals surface area (Å²) in [6.45, 7) is 0. The maximum atomic E-state index is 13.3. The summed E-state index contributed by atoms with van der Waals surface area (Å²) in [6.07, 6.45) is 1.38. The van der Waals surface area contributed by atoms with Gasteiger partial charge in [-0.05, 0) is 6.07 Å². The van der Waals surface area contributed by atoms with E-state index in [-0.39, 0.29) is 16.6 Å². The van der Waals surface area contributed by atoms with Gasteiger partial charge in [-0.3, -0.25) is 4.79 Å². The molecule has 0 fully saturated rings. The van der Waals surface area contributed by atoms with Crippen LogP contribution in [0.15, 0.2) is 39.7 Å². The highest BCUT2D eigenvalue weighted by Crippen LogP contribution is 2.43. The van der Waals surface area contributed by atoms with Gasteiger partial charge in [0.05, 0.1) is 41.1 Å². The van der Waals surface area contributed by atoms with Crippen molar-refractivity contribution in [1.82, 2.24) is 0 Å². The number of fused-ring (bicyclic) bond motifs is 1. The Kier molecular flexibility index (Phi) is 5.12. The number of rotatable bonds is 6. The Morgan fingerprint density at radius 3 is 2.00 bits per heavy atom. The Bertz CT molecular complexity index is 1040. The van der Waals surface area contributed by atoms with Gasteiger partial charge in [0.2, 0.25) is 11.2 Å². The number of hydrogen-bond acceptors (Lipinski definition) is 7. The molecule has 1 heterocycles. The van der Waals surface area contributed by atoms with E-state index in [0.29, 0.717) is 39.7 Å². The van der Waals surface area contributed by atoms with Crippen molar-refractivity contribution >= 4 is 11.0 Å². The Labute approximate surface area is 156 Å². The highest BCUT2D eigenvalue weighted by molar-refractivity contribution is 5.92. The van der Waals surface area contributed by atoms with E-state index in [2.05, 4.69) is 0 Å². The van der Waals surface area contributed by atoms with E-state index < -0.39 is 0 Å². The lowest BCUT2D eigenvalue weighted by Gasteiger charge is -2.15. The zero-order valence-electron chi connectivity index (χ0n) is 15.7. The van der Waals surface area contributed by atoms with Crippen molar-refractivity contribution in [3.63, 3.8) is 0 Å². The molecule has 27 heavy (non-hydrogen) atoms.